The van der Waals surface area contributed by atoms with E-state index in [4.69, 9.17) is 4.74 Å². The van der Waals surface area contributed by atoms with Crippen molar-refractivity contribution in [2.75, 3.05) is 13.2 Å². The molecule has 0 saturated carbocycles. The lowest BCUT2D eigenvalue weighted by Crippen LogP contribution is -2.34. The summed E-state index contributed by atoms with van der Waals surface area (Å²) in [4.78, 5) is 0. The van der Waals surface area contributed by atoms with Gasteiger partial charge in [0, 0.05) is 24.6 Å². The summed E-state index contributed by atoms with van der Waals surface area (Å²) in [5.41, 5.74) is 1.19. The average molecular weight is 221 g/mol. The van der Waals surface area contributed by atoms with Gasteiger partial charge in [-0.3, -0.25) is 0 Å². The van der Waals surface area contributed by atoms with E-state index in [1.54, 1.807) is 12.1 Å². The van der Waals surface area contributed by atoms with Crippen molar-refractivity contribution < 1.29 is 9.84 Å². The van der Waals surface area contributed by atoms with E-state index in [0.717, 1.165) is 25.3 Å². The summed E-state index contributed by atoms with van der Waals surface area (Å²) in [5.74, 6) is 1.64. The highest BCUT2D eigenvalue weighted by atomic mass is 16.5. The zero-order valence-corrected chi connectivity index (χ0v) is 9.86. The molecule has 1 aromatic rings. The summed E-state index contributed by atoms with van der Waals surface area (Å²) in [7, 11) is 0. The first-order chi connectivity index (χ1) is 7.65. The molecule has 1 aliphatic heterocycles. The highest BCUT2D eigenvalue weighted by molar-refractivity contribution is 5.41. The van der Waals surface area contributed by atoms with Gasteiger partial charge in [0.05, 0.1) is 6.61 Å². The molecule has 0 aromatic heterocycles. The second kappa shape index (κ2) is 4.74. The number of nitrogens with one attached hydrogen (secondary N) is 1. The maximum Gasteiger partial charge on any atom is 0.126 e. The SMILES string of the molecule is CC(C)NCC1COc2cc(O)ccc2C1. The van der Waals surface area contributed by atoms with Gasteiger partial charge >= 0.3 is 0 Å². The smallest absolute Gasteiger partial charge is 0.126 e. The minimum absolute atomic E-state index is 0.275. The van der Waals surface area contributed by atoms with Gasteiger partial charge in [-0.2, -0.15) is 0 Å². The molecule has 0 spiro atoms. The van der Waals surface area contributed by atoms with Crippen LogP contribution < -0.4 is 10.1 Å². The van der Waals surface area contributed by atoms with E-state index in [1.807, 2.05) is 6.07 Å². The van der Waals surface area contributed by atoms with E-state index in [1.165, 1.54) is 5.56 Å². The van der Waals surface area contributed by atoms with Crippen molar-refractivity contribution in [1.29, 1.82) is 0 Å². The molecular weight excluding hydrogens is 202 g/mol. The van der Waals surface area contributed by atoms with Crippen LogP contribution in [-0.2, 0) is 6.42 Å². The minimum atomic E-state index is 0.275. The molecule has 0 bridgehead atoms. The van der Waals surface area contributed by atoms with E-state index < -0.39 is 0 Å². The van der Waals surface area contributed by atoms with Gasteiger partial charge in [0.15, 0.2) is 0 Å². The quantitative estimate of drug-likeness (QED) is 0.819. The molecule has 0 saturated heterocycles. The first-order valence-corrected chi connectivity index (χ1v) is 5.83. The Bertz CT molecular complexity index is 363. The van der Waals surface area contributed by atoms with Crippen molar-refractivity contribution in [3.05, 3.63) is 23.8 Å². The first kappa shape index (κ1) is 11.3. The van der Waals surface area contributed by atoms with Crippen molar-refractivity contribution >= 4 is 0 Å². The highest BCUT2D eigenvalue weighted by Gasteiger charge is 2.19. The predicted octanol–water partition coefficient (Wildman–Crippen LogP) is 1.94. The number of hydrogen-bond donors (Lipinski definition) is 2. The van der Waals surface area contributed by atoms with Gasteiger partial charge in [0.2, 0.25) is 0 Å². The van der Waals surface area contributed by atoms with Gasteiger partial charge in [-0.1, -0.05) is 19.9 Å². The summed E-state index contributed by atoms with van der Waals surface area (Å²) in [5, 5.41) is 12.8. The Morgan fingerprint density at radius 3 is 3.06 bits per heavy atom. The lowest BCUT2D eigenvalue weighted by Gasteiger charge is -2.26. The normalized spacial score (nSPS) is 19.3. The molecule has 1 atom stereocenters. The van der Waals surface area contributed by atoms with Crippen LogP contribution in [0, 0.1) is 5.92 Å². The zero-order valence-electron chi connectivity index (χ0n) is 9.86. The Balaban J connectivity index is 1.98. The van der Waals surface area contributed by atoms with E-state index in [-0.39, 0.29) is 5.75 Å². The fourth-order valence-corrected chi connectivity index (χ4v) is 1.96. The lowest BCUT2D eigenvalue weighted by atomic mass is 9.96. The molecular formula is C13H19NO2. The third-order valence-electron chi connectivity index (χ3n) is 2.85. The van der Waals surface area contributed by atoms with E-state index in [0.29, 0.717) is 12.0 Å². The average Bonchev–Trinajstić information content (AvgIpc) is 2.26. The van der Waals surface area contributed by atoms with Crippen molar-refractivity contribution in [2.45, 2.75) is 26.3 Å². The number of hydrogen-bond acceptors (Lipinski definition) is 3. The van der Waals surface area contributed by atoms with Gasteiger partial charge in [0.1, 0.15) is 11.5 Å². The van der Waals surface area contributed by atoms with Crippen LogP contribution in [0.15, 0.2) is 18.2 Å². The molecule has 0 amide bonds. The molecule has 1 aliphatic rings. The lowest BCUT2D eigenvalue weighted by molar-refractivity contribution is 0.215. The van der Waals surface area contributed by atoms with Gasteiger partial charge in [-0.05, 0) is 18.1 Å². The zero-order chi connectivity index (χ0) is 11.5. The molecule has 2 rings (SSSR count). The van der Waals surface area contributed by atoms with E-state index in [9.17, 15) is 5.11 Å². The van der Waals surface area contributed by atoms with Gasteiger partial charge in [-0.15, -0.1) is 0 Å². The van der Waals surface area contributed by atoms with Crippen LogP contribution in [-0.4, -0.2) is 24.3 Å². The number of rotatable bonds is 3. The number of phenols is 1. The van der Waals surface area contributed by atoms with Crippen LogP contribution in [0.5, 0.6) is 11.5 Å². The Morgan fingerprint density at radius 2 is 2.31 bits per heavy atom. The van der Waals surface area contributed by atoms with Gasteiger partial charge in [-0.25, -0.2) is 0 Å². The molecule has 2 N–H and O–H groups in total. The van der Waals surface area contributed by atoms with Crippen molar-refractivity contribution in [1.82, 2.24) is 5.32 Å². The Labute approximate surface area is 96.4 Å². The third-order valence-corrected chi connectivity index (χ3v) is 2.85. The number of fused-ring (bicyclic) bond motifs is 1. The number of phenolic OH excluding ortho intramolecular Hbond substituents is 1. The molecule has 3 nitrogen and oxygen atoms in total. The topological polar surface area (TPSA) is 41.5 Å². The monoisotopic (exact) mass is 221 g/mol. The fourth-order valence-electron chi connectivity index (χ4n) is 1.96. The van der Waals surface area contributed by atoms with Crippen molar-refractivity contribution in [3.8, 4) is 11.5 Å². The van der Waals surface area contributed by atoms with Crippen LogP contribution in [0.1, 0.15) is 19.4 Å². The predicted molar refractivity (Wildman–Crippen MR) is 63.9 cm³/mol. The second-order valence-electron chi connectivity index (χ2n) is 4.74. The number of aromatic hydroxyl groups is 1. The third kappa shape index (κ3) is 2.67. The number of ether oxygens (including phenoxy) is 1. The Kier molecular flexibility index (Phi) is 3.34. The van der Waals surface area contributed by atoms with Crippen LogP contribution in [0.2, 0.25) is 0 Å². The van der Waals surface area contributed by atoms with Crippen LogP contribution >= 0.6 is 0 Å². The number of benzene rings is 1. The standard InChI is InChI=1S/C13H19NO2/c1-9(2)14-7-10-5-11-3-4-12(15)6-13(11)16-8-10/h3-4,6,9-10,14-15H,5,7-8H2,1-2H3. The van der Waals surface area contributed by atoms with Crippen molar-refractivity contribution in [3.63, 3.8) is 0 Å². The molecule has 0 aliphatic carbocycles. The fraction of sp³-hybridized carbons (Fsp3) is 0.538. The van der Waals surface area contributed by atoms with Crippen LogP contribution in [0.4, 0.5) is 0 Å². The van der Waals surface area contributed by atoms with Gasteiger partial charge in [0.25, 0.3) is 0 Å². The minimum Gasteiger partial charge on any atom is -0.508 e. The molecule has 1 unspecified atom stereocenters. The summed E-state index contributed by atoms with van der Waals surface area (Å²) >= 11 is 0. The highest BCUT2D eigenvalue weighted by Crippen LogP contribution is 2.30. The molecule has 0 fully saturated rings. The first-order valence-electron chi connectivity index (χ1n) is 5.83. The van der Waals surface area contributed by atoms with E-state index in [2.05, 4.69) is 19.2 Å². The molecule has 16 heavy (non-hydrogen) atoms. The largest absolute Gasteiger partial charge is 0.508 e. The maximum absolute atomic E-state index is 9.34. The van der Waals surface area contributed by atoms with Crippen LogP contribution in [0.3, 0.4) is 0 Å². The molecule has 0 radical (unpaired) electrons. The maximum atomic E-state index is 9.34. The summed E-state index contributed by atoms with van der Waals surface area (Å²) in [6.45, 7) is 6.01. The Morgan fingerprint density at radius 1 is 1.50 bits per heavy atom. The molecule has 1 heterocycles. The second-order valence-corrected chi connectivity index (χ2v) is 4.74. The summed E-state index contributed by atoms with van der Waals surface area (Å²) in [6, 6.07) is 5.88. The Hall–Kier alpha value is -1.22. The van der Waals surface area contributed by atoms with Crippen molar-refractivity contribution in [2.24, 2.45) is 5.92 Å². The van der Waals surface area contributed by atoms with E-state index >= 15 is 0 Å². The summed E-state index contributed by atoms with van der Waals surface area (Å²) < 4.78 is 5.65. The molecule has 3 heteroatoms. The summed E-state index contributed by atoms with van der Waals surface area (Å²) in [6.07, 6.45) is 1.02. The van der Waals surface area contributed by atoms with Gasteiger partial charge < -0.3 is 15.2 Å². The molecule has 88 valence electrons. The molecule has 1 aromatic carbocycles. The van der Waals surface area contributed by atoms with Crippen LogP contribution in [0.25, 0.3) is 0 Å².